The van der Waals surface area contributed by atoms with Crippen molar-refractivity contribution in [1.82, 2.24) is 9.97 Å². The van der Waals surface area contributed by atoms with Gasteiger partial charge in [0.1, 0.15) is 11.4 Å². The molecule has 148 valence electrons. The molecule has 0 atom stereocenters. The summed E-state index contributed by atoms with van der Waals surface area (Å²) in [4.78, 5) is 23.5. The van der Waals surface area contributed by atoms with Crippen LogP contribution in [0, 0.1) is 0 Å². The van der Waals surface area contributed by atoms with Gasteiger partial charge in [0.25, 0.3) is 0 Å². The number of rotatable bonds is 6. The Morgan fingerprint density at radius 1 is 0.867 bits per heavy atom. The Bertz CT molecular complexity index is 1170. The van der Waals surface area contributed by atoms with Gasteiger partial charge in [-0.25, -0.2) is 4.98 Å². The standard InChI is InChI=1S/C25H21N3O2/c1-28(2)20-14-15-26-23(17-20)19-10-6-11-21(16-19)30-24-13-7-12-22(27-24)25(29)18-8-4-3-5-9-18/h3-17H,1-2H3. The van der Waals surface area contributed by atoms with E-state index in [0.717, 1.165) is 16.9 Å². The molecule has 0 N–H and O–H groups in total. The number of pyridine rings is 2. The van der Waals surface area contributed by atoms with E-state index in [-0.39, 0.29) is 5.78 Å². The highest BCUT2D eigenvalue weighted by atomic mass is 16.5. The van der Waals surface area contributed by atoms with E-state index >= 15 is 0 Å². The molecule has 0 aliphatic heterocycles. The highest BCUT2D eigenvalue weighted by molar-refractivity contribution is 6.07. The molecule has 5 heteroatoms. The van der Waals surface area contributed by atoms with Crippen LogP contribution in [0.4, 0.5) is 5.69 Å². The number of hydrogen-bond donors (Lipinski definition) is 0. The molecule has 30 heavy (non-hydrogen) atoms. The molecule has 0 saturated heterocycles. The van der Waals surface area contributed by atoms with Gasteiger partial charge in [-0.05, 0) is 30.3 Å². The molecule has 0 saturated carbocycles. The molecule has 0 fully saturated rings. The van der Waals surface area contributed by atoms with Crippen molar-refractivity contribution in [1.29, 1.82) is 0 Å². The lowest BCUT2D eigenvalue weighted by atomic mass is 10.1. The van der Waals surface area contributed by atoms with E-state index in [1.54, 1.807) is 36.5 Å². The summed E-state index contributed by atoms with van der Waals surface area (Å²) in [6, 6.07) is 25.9. The Kier molecular flexibility index (Phi) is 5.52. The van der Waals surface area contributed by atoms with Gasteiger partial charge < -0.3 is 9.64 Å². The number of benzene rings is 2. The second-order valence-electron chi connectivity index (χ2n) is 6.98. The number of ether oxygens (including phenoxy) is 1. The minimum Gasteiger partial charge on any atom is -0.439 e. The minimum atomic E-state index is -0.139. The van der Waals surface area contributed by atoms with Crippen molar-refractivity contribution < 1.29 is 9.53 Å². The minimum absolute atomic E-state index is 0.139. The summed E-state index contributed by atoms with van der Waals surface area (Å²) in [5.41, 5.74) is 3.80. The number of carbonyl (C=O) groups excluding carboxylic acids is 1. The largest absolute Gasteiger partial charge is 0.439 e. The molecule has 0 spiro atoms. The smallest absolute Gasteiger partial charge is 0.219 e. The summed E-state index contributed by atoms with van der Waals surface area (Å²) in [6.45, 7) is 0. The molecule has 4 aromatic rings. The average Bonchev–Trinajstić information content (AvgIpc) is 2.79. The molecule has 0 radical (unpaired) electrons. The van der Waals surface area contributed by atoms with E-state index < -0.39 is 0 Å². The number of anilines is 1. The molecule has 2 aromatic carbocycles. The third-order valence-electron chi connectivity index (χ3n) is 4.60. The summed E-state index contributed by atoms with van der Waals surface area (Å²) in [5.74, 6) is 0.852. The Hall–Kier alpha value is -3.99. The molecule has 5 nitrogen and oxygen atoms in total. The zero-order chi connectivity index (χ0) is 20.9. The van der Waals surface area contributed by atoms with Crippen LogP contribution < -0.4 is 9.64 Å². The molecule has 0 unspecified atom stereocenters. The highest BCUT2D eigenvalue weighted by Crippen LogP contribution is 2.27. The maximum atomic E-state index is 12.6. The third kappa shape index (κ3) is 4.36. The van der Waals surface area contributed by atoms with Crippen LogP contribution in [-0.4, -0.2) is 29.8 Å². The maximum Gasteiger partial charge on any atom is 0.219 e. The fourth-order valence-corrected chi connectivity index (χ4v) is 3.03. The second kappa shape index (κ2) is 8.57. The number of ketones is 1. The molecule has 4 rings (SSSR count). The van der Waals surface area contributed by atoms with Gasteiger partial charge >= 0.3 is 0 Å². The van der Waals surface area contributed by atoms with Gasteiger partial charge in [-0.15, -0.1) is 0 Å². The van der Waals surface area contributed by atoms with E-state index in [1.807, 2.05) is 73.6 Å². The normalized spacial score (nSPS) is 10.5. The predicted molar refractivity (Wildman–Crippen MR) is 118 cm³/mol. The van der Waals surface area contributed by atoms with Crippen molar-refractivity contribution in [2.24, 2.45) is 0 Å². The van der Waals surface area contributed by atoms with Crippen LogP contribution in [0.15, 0.2) is 91.1 Å². The molecular weight excluding hydrogens is 374 g/mol. The SMILES string of the molecule is CN(C)c1ccnc(-c2cccc(Oc3cccc(C(=O)c4ccccc4)n3)c2)c1. The predicted octanol–water partition coefficient (Wildman–Crippen LogP) is 5.23. The number of carbonyl (C=O) groups is 1. The first-order valence-corrected chi connectivity index (χ1v) is 9.58. The zero-order valence-corrected chi connectivity index (χ0v) is 16.8. The highest BCUT2D eigenvalue weighted by Gasteiger charge is 2.12. The van der Waals surface area contributed by atoms with Gasteiger partial charge in [0.05, 0.1) is 5.69 Å². The van der Waals surface area contributed by atoms with E-state index in [4.69, 9.17) is 4.74 Å². The van der Waals surface area contributed by atoms with Crippen molar-refractivity contribution in [3.63, 3.8) is 0 Å². The van der Waals surface area contributed by atoms with Gasteiger partial charge in [0.15, 0.2) is 0 Å². The topological polar surface area (TPSA) is 55.3 Å². The summed E-state index contributed by atoms with van der Waals surface area (Å²) >= 11 is 0. The number of nitrogens with zero attached hydrogens (tertiary/aromatic N) is 3. The van der Waals surface area contributed by atoms with Crippen LogP contribution in [0.5, 0.6) is 11.6 Å². The second-order valence-corrected chi connectivity index (χ2v) is 6.98. The van der Waals surface area contributed by atoms with Crippen LogP contribution in [-0.2, 0) is 0 Å². The lowest BCUT2D eigenvalue weighted by Crippen LogP contribution is -2.08. The number of aromatic nitrogens is 2. The molecule has 0 aliphatic carbocycles. The van der Waals surface area contributed by atoms with Gasteiger partial charge in [-0.3, -0.25) is 9.78 Å². The molecule has 0 amide bonds. The summed E-state index contributed by atoms with van der Waals surface area (Å²) in [7, 11) is 3.99. The van der Waals surface area contributed by atoms with Crippen LogP contribution in [0.1, 0.15) is 16.1 Å². The monoisotopic (exact) mass is 395 g/mol. The van der Waals surface area contributed by atoms with Crippen LogP contribution in [0.25, 0.3) is 11.3 Å². The summed E-state index contributed by atoms with van der Waals surface area (Å²) in [6.07, 6.45) is 1.79. The van der Waals surface area contributed by atoms with Crippen LogP contribution in [0.3, 0.4) is 0 Å². The molecule has 0 aliphatic rings. The van der Waals surface area contributed by atoms with Crippen molar-refractivity contribution in [2.45, 2.75) is 0 Å². The summed E-state index contributed by atoms with van der Waals surface area (Å²) in [5, 5.41) is 0. The Balaban J connectivity index is 1.58. The fraction of sp³-hybridized carbons (Fsp3) is 0.0800. The van der Waals surface area contributed by atoms with Crippen molar-refractivity contribution >= 4 is 11.5 Å². The van der Waals surface area contributed by atoms with Crippen molar-refractivity contribution in [2.75, 3.05) is 19.0 Å². The lowest BCUT2D eigenvalue weighted by Gasteiger charge is -2.13. The van der Waals surface area contributed by atoms with Gasteiger partial charge in [0.2, 0.25) is 11.7 Å². The van der Waals surface area contributed by atoms with Gasteiger partial charge in [0, 0.05) is 43.2 Å². The molecule has 2 heterocycles. The first-order chi connectivity index (χ1) is 14.6. The number of hydrogen-bond acceptors (Lipinski definition) is 5. The van der Waals surface area contributed by atoms with Crippen molar-refractivity contribution in [3.8, 4) is 22.9 Å². The first kappa shape index (κ1) is 19.3. The quantitative estimate of drug-likeness (QED) is 0.418. The summed E-state index contributed by atoms with van der Waals surface area (Å²) < 4.78 is 5.94. The van der Waals surface area contributed by atoms with E-state index in [1.165, 1.54) is 0 Å². The van der Waals surface area contributed by atoms with E-state index in [2.05, 4.69) is 9.97 Å². The Morgan fingerprint density at radius 3 is 2.47 bits per heavy atom. The first-order valence-electron chi connectivity index (χ1n) is 9.58. The third-order valence-corrected chi connectivity index (χ3v) is 4.60. The molecule has 2 aromatic heterocycles. The average molecular weight is 395 g/mol. The van der Waals surface area contributed by atoms with Gasteiger partial charge in [-0.1, -0.05) is 48.5 Å². The molecule has 0 bridgehead atoms. The maximum absolute atomic E-state index is 12.6. The molecular formula is C25H21N3O2. The van der Waals surface area contributed by atoms with E-state index in [9.17, 15) is 4.79 Å². The van der Waals surface area contributed by atoms with Crippen molar-refractivity contribution in [3.05, 3.63) is 102 Å². The Labute approximate surface area is 175 Å². The van der Waals surface area contributed by atoms with E-state index in [0.29, 0.717) is 22.9 Å². The zero-order valence-electron chi connectivity index (χ0n) is 16.8. The van der Waals surface area contributed by atoms with Gasteiger partial charge in [-0.2, -0.15) is 0 Å². The van der Waals surface area contributed by atoms with Crippen LogP contribution in [0.2, 0.25) is 0 Å². The fourth-order valence-electron chi connectivity index (χ4n) is 3.03. The Morgan fingerprint density at radius 2 is 1.67 bits per heavy atom. The van der Waals surface area contributed by atoms with Crippen LogP contribution >= 0.6 is 0 Å². The lowest BCUT2D eigenvalue weighted by molar-refractivity contribution is 0.103.